The molecule has 1 N–H and O–H groups in total. The molecule has 25 heavy (non-hydrogen) atoms. The Kier molecular flexibility index (Phi) is 5.58. The molecule has 2 heterocycles. The topological polar surface area (TPSA) is 72.2 Å². The second-order valence-corrected chi connectivity index (χ2v) is 8.81. The van der Waals surface area contributed by atoms with Crippen LogP contribution in [-0.4, -0.2) is 20.1 Å². The van der Waals surface area contributed by atoms with Crippen LogP contribution in [0.5, 0.6) is 0 Å². The van der Waals surface area contributed by atoms with Gasteiger partial charge in [-0.05, 0) is 36.6 Å². The summed E-state index contributed by atoms with van der Waals surface area (Å²) in [5.74, 6) is 0.579. The summed E-state index contributed by atoms with van der Waals surface area (Å²) in [6.07, 6.45) is 1.36. The van der Waals surface area contributed by atoms with Crippen LogP contribution in [0.2, 0.25) is 5.02 Å². The normalized spacial score (nSPS) is 11.8. The molecule has 0 bridgehead atoms. The van der Waals surface area contributed by atoms with Gasteiger partial charge in [0.05, 0.1) is 5.69 Å². The van der Waals surface area contributed by atoms with Gasteiger partial charge in [-0.3, -0.25) is 0 Å². The van der Waals surface area contributed by atoms with E-state index in [4.69, 9.17) is 16.1 Å². The Morgan fingerprint density at radius 3 is 2.68 bits per heavy atom. The fourth-order valence-electron chi connectivity index (χ4n) is 2.25. The van der Waals surface area contributed by atoms with Crippen molar-refractivity contribution < 1.29 is 12.9 Å². The Balaban J connectivity index is 1.65. The Morgan fingerprint density at radius 2 is 2.00 bits per heavy atom. The van der Waals surface area contributed by atoms with Crippen molar-refractivity contribution in [2.45, 2.75) is 24.0 Å². The minimum atomic E-state index is -3.54. The lowest BCUT2D eigenvalue weighted by atomic mass is 10.2. The lowest BCUT2D eigenvalue weighted by Crippen LogP contribution is -2.25. The van der Waals surface area contributed by atoms with E-state index < -0.39 is 10.0 Å². The monoisotopic (exact) mass is 396 g/mol. The standard InChI is InChI=1S/C17H17ClN2O3S2/c1-2-15-10-16(23-20-15)13-9-17(24-11-13)25(21,22)19-8-7-12-3-5-14(18)6-4-12/h3-6,9-11,19H,2,7-8H2,1H3. The van der Waals surface area contributed by atoms with Crippen molar-refractivity contribution in [1.29, 1.82) is 0 Å². The van der Waals surface area contributed by atoms with E-state index in [1.165, 1.54) is 0 Å². The smallest absolute Gasteiger partial charge is 0.250 e. The van der Waals surface area contributed by atoms with Crippen molar-refractivity contribution in [1.82, 2.24) is 9.88 Å². The number of benzene rings is 1. The van der Waals surface area contributed by atoms with E-state index in [2.05, 4.69) is 9.88 Å². The van der Waals surface area contributed by atoms with E-state index in [9.17, 15) is 8.42 Å². The first kappa shape index (κ1) is 18.1. The number of rotatable bonds is 7. The number of thiophene rings is 1. The van der Waals surface area contributed by atoms with E-state index in [1.807, 2.05) is 25.1 Å². The van der Waals surface area contributed by atoms with Crippen LogP contribution in [0.1, 0.15) is 18.2 Å². The zero-order chi connectivity index (χ0) is 17.9. The number of aryl methyl sites for hydroxylation is 1. The van der Waals surface area contributed by atoms with Crippen molar-refractivity contribution >= 4 is 33.0 Å². The zero-order valence-corrected chi connectivity index (χ0v) is 15.9. The van der Waals surface area contributed by atoms with Gasteiger partial charge in [-0.15, -0.1) is 11.3 Å². The largest absolute Gasteiger partial charge is 0.356 e. The lowest BCUT2D eigenvalue weighted by molar-refractivity contribution is 0.424. The average molecular weight is 397 g/mol. The Morgan fingerprint density at radius 1 is 1.24 bits per heavy atom. The third-order valence-corrected chi connectivity index (χ3v) is 6.82. The number of aromatic nitrogens is 1. The van der Waals surface area contributed by atoms with Crippen LogP contribution in [0.3, 0.4) is 0 Å². The molecule has 0 radical (unpaired) electrons. The van der Waals surface area contributed by atoms with Crippen molar-refractivity contribution in [3.8, 4) is 11.3 Å². The van der Waals surface area contributed by atoms with Gasteiger partial charge in [0.25, 0.3) is 0 Å². The van der Waals surface area contributed by atoms with Crippen LogP contribution in [-0.2, 0) is 22.9 Å². The molecule has 0 amide bonds. The highest BCUT2D eigenvalue weighted by molar-refractivity contribution is 7.91. The van der Waals surface area contributed by atoms with Crippen LogP contribution in [0, 0.1) is 0 Å². The van der Waals surface area contributed by atoms with Gasteiger partial charge < -0.3 is 4.52 Å². The van der Waals surface area contributed by atoms with E-state index in [-0.39, 0.29) is 4.21 Å². The van der Waals surface area contributed by atoms with Crippen LogP contribution < -0.4 is 4.72 Å². The van der Waals surface area contributed by atoms with Gasteiger partial charge in [-0.25, -0.2) is 13.1 Å². The van der Waals surface area contributed by atoms with Gasteiger partial charge in [0.1, 0.15) is 4.21 Å². The number of hydrogen-bond donors (Lipinski definition) is 1. The first-order valence-electron chi connectivity index (χ1n) is 7.76. The van der Waals surface area contributed by atoms with E-state index >= 15 is 0 Å². The van der Waals surface area contributed by atoms with Gasteiger partial charge in [-0.1, -0.05) is 35.8 Å². The first-order valence-corrected chi connectivity index (χ1v) is 10.5. The van der Waals surface area contributed by atoms with Crippen LogP contribution in [0.25, 0.3) is 11.3 Å². The summed E-state index contributed by atoms with van der Waals surface area (Å²) in [6.45, 7) is 2.30. The molecule has 0 unspecified atom stereocenters. The molecule has 3 rings (SSSR count). The highest BCUT2D eigenvalue weighted by Crippen LogP contribution is 2.29. The quantitative estimate of drug-likeness (QED) is 0.651. The molecule has 8 heteroatoms. The van der Waals surface area contributed by atoms with Crippen LogP contribution in [0.15, 0.2) is 50.5 Å². The molecular weight excluding hydrogens is 380 g/mol. The average Bonchev–Trinajstić information content (AvgIpc) is 3.25. The molecule has 132 valence electrons. The van der Waals surface area contributed by atoms with Gasteiger partial charge in [0, 0.05) is 28.6 Å². The molecule has 0 atom stereocenters. The van der Waals surface area contributed by atoms with Crippen molar-refractivity contribution in [2.24, 2.45) is 0 Å². The third kappa shape index (κ3) is 4.49. The van der Waals surface area contributed by atoms with Gasteiger partial charge >= 0.3 is 0 Å². The summed E-state index contributed by atoms with van der Waals surface area (Å²) in [5, 5.41) is 6.35. The molecule has 0 fully saturated rings. The lowest BCUT2D eigenvalue weighted by Gasteiger charge is -2.05. The molecule has 0 aliphatic heterocycles. The molecule has 3 aromatic rings. The highest BCUT2D eigenvalue weighted by Gasteiger charge is 2.18. The minimum Gasteiger partial charge on any atom is -0.356 e. The fraction of sp³-hybridized carbons (Fsp3) is 0.235. The Hall–Kier alpha value is -1.67. The molecule has 0 saturated heterocycles. The van der Waals surface area contributed by atoms with Crippen molar-refractivity contribution in [3.05, 3.63) is 58.1 Å². The number of nitrogens with zero attached hydrogens (tertiary/aromatic N) is 1. The summed E-state index contributed by atoms with van der Waals surface area (Å²) >= 11 is 7.00. The second kappa shape index (κ2) is 7.70. The Labute approximate surface area is 155 Å². The number of sulfonamides is 1. The first-order chi connectivity index (χ1) is 12.0. The molecule has 2 aromatic heterocycles. The summed E-state index contributed by atoms with van der Waals surface area (Å²) < 4.78 is 33.0. The predicted octanol–water partition coefficient (Wildman–Crippen LogP) is 4.14. The zero-order valence-electron chi connectivity index (χ0n) is 13.5. The van der Waals surface area contributed by atoms with Crippen molar-refractivity contribution in [3.63, 3.8) is 0 Å². The molecule has 1 aromatic carbocycles. The predicted molar refractivity (Wildman–Crippen MR) is 99.5 cm³/mol. The molecule has 0 aliphatic carbocycles. The van der Waals surface area contributed by atoms with Crippen molar-refractivity contribution in [2.75, 3.05) is 6.54 Å². The third-order valence-electron chi connectivity index (χ3n) is 3.66. The SMILES string of the molecule is CCc1cc(-c2csc(S(=O)(=O)NCCc3ccc(Cl)cc3)c2)on1. The van der Waals surface area contributed by atoms with Gasteiger partial charge in [0.15, 0.2) is 5.76 Å². The van der Waals surface area contributed by atoms with Gasteiger partial charge in [0.2, 0.25) is 10.0 Å². The molecule has 0 saturated carbocycles. The summed E-state index contributed by atoms with van der Waals surface area (Å²) in [7, 11) is -3.54. The molecule has 5 nitrogen and oxygen atoms in total. The maximum atomic E-state index is 12.4. The minimum absolute atomic E-state index is 0.257. The fourth-order valence-corrected chi connectivity index (χ4v) is 4.62. The highest BCUT2D eigenvalue weighted by atomic mass is 35.5. The molecule has 0 spiro atoms. The van der Waals surface area contributed by atoms with Gasteiger partial charge in [-0.2, -0.15) is 0 Å². The Bertz CT molecular complexity index is 946. The second-order valence-electron chi connectivity index (χ2n) is 5.46. The molecular formula is C17H17ClN2O3S2. The maximum absolute atomic E-state index is 12.4. The van der Waals surface area contributed by atoms with Crippen LogP contribution >= 0.6 is 22.9 Å². The summed E-state index contributed by atoms with van der Waals surface area (Å²) in [6, 6.07) is 10.8. The summed E-state index contributed by atoms with van der Waals surface area (Å²) in [5.41, 5.74) is 2.58. The van der Waals surface area contributed by atoms with E-state index in [0.29, 0.717) is 23.7 Å². The molecule has 0 aliphatic rings. The summed E-state index contributed by atoms with van der Waals surface area (Å²) in [4.78, 5) is 0. The number of halogens is 1. The van der Waals surface area contributed by atoms with E-state index in [0.717, 1.165) is 34.6 Å². The number of nitrogens with one attached hydrogen (secondary N) is 1. The maximum Gasteiger partial charge on any atom is 0.250 e. The number of hydrogen-bond acceptors (Lipinski definition) is 5. The van der Waals surface area contributed by atoms with E-state index in [1.54, 1.807) is 23.6 Å². The van der Waals surface area contributed by atoms with Crippen LogP contribution in [0.4, 0.5) is 0 Å².